The van der Waals surface area contributed by atoms with Crippen LogP contribution in [-0.2, 0) is 11.2 Å². The Labute approximate surface area is 86.9 Å². The van der Waals surface area contributed by atoms with Crippen molar-refractivity contribution in [2.75, 3.05) is 0 Å². The van der Waals surface area contributed by atoms with Crippen LogP contribution in [0.1, 0.15) is 12.5 Å². The highest BCUT2D eigenvalue weighted by molar-refractivity contribution is 6.35. The molecule has 14 heavy (non-hydrogen) atoms. The molecule has 0 spiro atoms. The maximum Gasteiger partial charge on any atom is 0.134 e. The third-order valence-corrected chi connectivity index (χ3v) is 2.46. The van der Waals surface area contributed by atoms with Crippen molar-refractivity contribution in [2.24, 2.45) is 0 Å². The number of nitrogens with one attached hydrogen (secondary N) is 1. The van der Waals surface area contributed by atoms with Gasteiger partial charge in [-0.3, -0.25) is 4.79 Å². The lowest BCUT2D eigenvalue weighted by Crippen LogP contribution is -1.95. The predicted molar refractivity (Wildman–Crippen MR) is 57.7 cm³/mol. The Hall–Kier alpha value is -1.28. The highest BCUT2D eigenvalue weighted by Crippen LogP contribution is 2.23. The predicted octanol–water partition coefficient (Wildman–Crippen LogP) is 2.95. The van der Waals surface area contributed by atoms with Gasteiger partial charge in [-0.25, -0.2) is 0 Å². The number of benzene rings is 1. The van der Waals surface area contributed by atoms with E-state index in [4.69, 9.17) is 11.6 Å². The molecule has 0 radical (unpaired) electrons. The molecule has 2 aromatic rings. The van der Waals surface area contributed by atoms with Crippen LogP contribution in [0, 0.1) is 0 Å². The van der Waals surface area contributed by atoms with E-state index >= 15 is 0 Å². The third kappa shape index (κ3) is 1.66. The monoisotopic (exact) mass is 207 g/mol. The second-order valence-corrected chi connectivity index (χ2v) is 3.80. The molecule has 0 unspecified atom stereocenters. The van der Waals surface area contributed by atoms with Crippen molar-refractivity contribution < 1.29 is 4.79 Å². The number of Topliss-reactive ketones (excluding diaryl/α,β-unsaturated/α-hetero) is 1. The van der Waals surface area contributed by atoms with E-state index < -0.39 is 0 Å². The van der Waals surface area contributed by atoms with Crippen molar-refractivity contribution in [1.82, 2.24) is 4.98 Å². The van der Waals surface area contributed by atoms with E-state index in [1.807, 2.05) is 18.2 Å². The Kier molecular flexibility index (Phi) is 2.30. The number of aromatic amines is 1. The number of aromatic nitrogens is 1. The average molecular weight is 208 g/mol. The minimum absolute atomic E-state index is 0.169. The van der Waals surface area contributed by atoms with Gasteiger partial charge in [0, 0.05) is 23.5 Å². The molecule has 0 saturated heterocycles. The van der Waals surface area contributed by atoms with E-state index in [0.717, 1.165) is 21.5 Å². The number of halogens is 1. The smallest absolute Gasteiger partial charge is 0.134 e. The molecule has 0 bridgehead atoms. The van der Waals surface area contributed by atoms with Crippen LogP contribution >= 0.6 is 11.6 Å². The fourth-order valence-electron chi connectivity index (χ4n) is 1.54. The Bertz CT molecular complexity index is 487. The normalized spacial score (nSPS) is 10.7. The largest absolute Gasteiger partial charge is 0.360 e. The topological polar surface area (TPSA) is 32.9 Å². The summed E-state index contributed by atoms with van der Waals surface area (Å²) >= 11 is 5.93. The number of carbonyl (C=O) groups is 1. The molecule has 0 atom stereocenters. The van der Waals surface area contributed by atoms with E-state index in [2.05, 4.69) is 4.98 Å². The molecule has 0 fully saturated rings. The summed E-state index contributed by atoms with van der Waals surface area (Å²) in [7, 11) is 0. The molecule has 72 valence electrons. The lowest BCUT2D eigenvalue weighted by Gasteiger charge is -1.97. The van der Waals surface area contributed by atoms with Crippen molar-refractivity contribution in [2.45, 2.75) is 13.3 Å². The molecule has 0 aliphatic rings. The first-order valence-corrected chi connectivity index (χ1v) is 4.79. The standard InChI is InChI=1S/C11H10ClNO/c1-7(14)4-8-2-3-9-10(12)6-13-11(9)5-8/h2-3,5-6,13H,4H2,1H3. The van der Waals surface area contributed by atoms with Gasteiger partial charge in [0.05, 0.1) is 5.02 Å². The summed E-state index contributed by atoms with van der Waals surface area (Å²) in [4.78, 5) is 14.0. The minimum atomic E-state index is 0.169. The quantitative estimate of drug-likeness (QED) is 0.807. The zero-order chi connectivity index (χ0) is 10.1. The van der Waals surface area contributed by atoms with E-state index in [-0.39, 0.29) is 5.78 Å². The van der Waals surface area contributed by atoms with Crippen LogP contribution in [0.3, 0.4) is 0 Å². The summed E-state index contributed by atoms with van der Waals surface area (Å²) in [5.41, 5.74) is 2.00. The van der Waals surface area contributed by atoms with Gasteiger partial charge in [0.25, 0.3) is 0 Å². The van der Waals surface area contributed by atoms with Crippen molar-refractivity contribution in [3.8, 4) is 0 Å². The van der Waals surface area contributed by atoms with Crippen LogP contribution in [-0.4, -0.2) is 10.8 Å². The number of hydrogen-bond donors (Lipinski definition) is 1. The summed E-state index contributed by atoms with van der Waals surface area (Å²) in [6.07, 6.45) is 2.23. The van der Waals surface area contributed by atoms with Crippen LogP contribution in [0.4, 0.5) is 0 Å². The van der Waals surface area contributed by atoms with Gasteiger partial charge in [-0.1, -0.05) is 23.7 Å². The average Bonchev–Trinajstić information content (AvgIpc) is 2.46. The fourth-order valence-corrected chi connectivity index (χ4v) is 1.75. The Balaban J connectivity index is 2.46. The maximum absolute atomic E-state index is 10.9. The zero-order valence-corrected chi connectivity index (χ0v) is 8.56. The summed E-state index contributed by atoms with van der Waals surface area (Å²) in [5, 5.41) is 1.72. The molecular weight excluding hydrogens is 198 g/mol. The summed E-state index contributed by atoms with van der Waals surface area (Å²) in [6.45, 7) is 1.59. The molecule has 0 aliphatic carbocycles. The van der Waals surface area contributed by atoms with E-state index in [1.54, 1.807) is 13.1 Å². The van der Waals surface area contributed by atoms with E-state index in [1.165, 1.54) is 0 Å². The molecule has 1 aromatic carbocycles. The van der Waals surface area contributed by atoms with Gasteiger partial charge < -0.3 is 4.98 Å². The van der Waals surface area contributed by atoms with Crippen molar-refractivity contribution in [3.63, 3.8) is 0 Å². The van der Waals surface area contributed by atoms with Crippen LogP contribution < -0.4 is 0 Å². The first-order chi connectivity index (χ1) is 6.66. The summed E-state index contributed by atoms with van der Waals surface area (Å²) in [6, 6.07) is 5.83. The third-order valence-electron chi connectivity index (χ3n) is 2.15. The molecule has 1 N–H and O–H groups in total. The first kappa shape index (κ1) is 9.28. The van der Waals surface area contributed by atoms with Crippen LogP contribution in [0.5, 0.6) is 0 Å². The number of carbonyl (C=O) groups excluding carboxylic acids is 1. The minimum Gasteiger partial charge on any atom is -0.360 e. The molecule has 2 rings (SSSR count). The SMILES string of the molecule is CC(=O)Cc1ccc2c(Cl)c[nH]c2c1. The molecule has 2 nitrogen and oxygen atoms in total. The van der Waals surface area contributed by atoms with Gasteiger partial charge >= 0.3 is 0 Å². The first-order valence-electron chi connectivity index (χ1n) is 4.42. The molecule has 1 heterocycles. The number of fused-ring (bicyclic) bond motifs is 1. The fraction of sp³-hybridized carbons (Fsp3) is 0.182. The lowest BCUT2D eigenvalue weighted by molar-refractivity contribution is -0.116. The number of H-pyrrole nitrogens is 1. The number of rotatable bonds is 2. The lowest BCUT2D eigenvalue weighted by atomic mass is 10.1. The summed E-state index contributed by atoms with van der Waals surface area (Å²) < 4.78 is 0. The second-order valence-electron chi connectivity index (χ2n) is 3.40. The van der Waals surface area contributed by atoms with Crippen molar-refractivity contribution >= 4 is 28.3 Å². The van der Waals surface area contributed by atoms with Gasteiger partial charge in [0.1, 0.15) is 5.78 Å². The molecule has 0 amide bonds. The van der Waals surface area contributed by atoms with Gasteiger partial charge in [-0.15, -0.1) is 0 Å². The maximum atomic E-state index is 10.9. The number of hydrogen-bond acceptors (Lipinski definition) is 1. The Morgan fingerprint density at radius 3 is 3.00 bits per heavy atom. The molecule has 0 aliphatic heterocycles. The zero-order valence-electron chi connectivity index (χ0n) is 7.80. The Morgan fingerprint density at radius 2 is 2.29 bits per heavy atom. The van der Waals surface area contributed by atoms with E-state index in [0.29, 0.717) is 6.42 Å². The second kappa shape index (κ2) is 3.46. The summed E-state index contributed by atoms with van der Waals surface area (Å²) in [5.74, 6) is 0.169. The highest BCUT2D eigenvalue weighted by Gasteiger charge is 2.03. The highest BCUT2D eigenvalue weighted by atomic mass is 35.5. The van der Waals surface area contributed by atoms with Gasteiger partial charge in [-0.05, 0) is 18.6 Å². The van der Waals surface area contributed by atoms with Crippen molar-refractivity contribution in [3.05, 3.63) is 35.0 Å². The number of ketones is 1. The van der Waals surface area contributed by atoms with Crippen molar-refractivity contribution in [1.29, 1.82) is 0 Å². The molecule has 3 heteroatoms. The van der Waals surface area contributed by atoms with Gasteiger partial charge in [-0.2, -0.15) is 0 Å². The molecule has 0 saturated carbocycles. The van der Waals surface area contributed by atoms with E-state index in [9.17, 15) is 4.79 Å². The molecule has 1 aromatic heterocycles. The van der Waals surface area contributed by atoms with Gasteiger partial charge in [0.2, 0.25) is 0 Å². The Morgan fingerprint density at radius 1 is 1.50 bits per heavy atom. The van der Waals surface area contributed by atoms with Crippen LogP contribution in [0.25, 0.3) is 10.9 Å². The van der Waals surface area contributed by atoms with Crippen LogP contribution in [0.2, 0.25) is 5.02 Å². The van der Waals surface area contributed by atoms with Crippen LogP contribution in [0.15, 0.2) is 24.4 Å². The molecular formula is C11H10ClNO. The van der Waals surface area contributed by atoms with Gasteiger partial charge in [0.15, 0.2) is 0 Å².